The fourth-order valence-corrected chi connectivity index (χ4v) is 1.54. The minimum Gasteiger partial charge on any atom is -0.352 e. The quantitative estimate of drug-likeness (QED) is 0.671. The van der Waals surface area contributed by atoms with Crippen LogP contribution in [-0.2, 0) is 0 Å². The van der Waals surface area contributed by atoms with Crippen molar-refractivity contribution in [3.05, 3.63) is 34.6 Å². The maximum Gasteiger partial charge on any atom is 0.252 e. The van der Waals surface area contributed by atoms with Crippen LogP contribution in [0.3, 0.4) is 0 Å². The van der Waals surface area contributed by atoms with Crippen molar-refractivity contribution < 1.29 is 9.18 Å². The van der Waals surface area contributed by atoms with Crippen molar-refractivity contribution in [3.8, 4) is 0 Å². The number of alkyl halides is 1. The van der Waals surface area contributed by atoms with Crippen LogP contribution < -0.4 is 5.32 Å². The SMILES string of the molecule is O=C(NCCCBr)c1cccc(F)c1Cl. The summed E-state index contributed by atoms with van der Waals surface area (Å²) >= 11 is 8.90. The molecule has 0 fully saturated rings. The van der Waals surface area contributed by atoms with Gasteiger partial charge in [0.2, 0.25) is 0 Å². The van der Waals surface area contributed by atoms with Crippen molar-refractivity contribution in [2.45, 2.75) is 6.42 Å². The highest BCUT2D eigenvalue weighted by molar-refractivity contribution is 9.09. The second-order valence-electron chi connectivity index (χ2n) is 2.90. The predicted molar refractivity (Wildman–Crippen MR) is 62.2 cm³/mol. The van der Waals surface area contributed by atoms with Gasteiger partial charge in [0.05, 0.1) is 10.6 Å². The van der Waals surface area contributed by atoms with E-state index >= 15 is 0 Å². The molecule has 0 unspecified atom stereocenters. The molecule has 1 rings (SSSR count). The first-order chi connectivity index (χ1) is 7.16. The Labute approximate surface area is 101 Å². The molecule has 1 amide bonds. The maximum atomic E-state index is 13.0. The summed E-state index contributed by atoms with van der Waals surface area (Å²) in [5.41, 5.74) is 0.172. The Bertz CT molecular complexity index is 359. The van der Waals surface area contributed by atoms with Crippen LogP contribution in [0.4, 0.5) is 4.39 Å². The lowest BCUT2D eigenvalue weighted by Crippen LogP contribution is -2.25. The van der Waals surface area contributed by atoms with Gasteiger partial charge in [0.25, 0.3) is 5.91 Å². The van der Waals surface area contributed by atoms with Gasteiger partial charge in [-0.1, -0.05) is 33.6 Å². The molecule has 15 heavy (non-hydrogen) atoms. The van der Waals surface area contributed by atoms with Crippen molar-refractivity contribution in [1.29, 1.82) is 0 Å². The highest BCUT2D eigenvalue weighted by Crippen LogP contribution is 2.19. The van der Waals surface area contributed by atoms with Gasteiger partial charge in [-0.05, 0) is 18.6 Å². The molecule has 0 aliphatic rings. The van der Waals surface area contributed by atoms with Crippen molar-refractivity contribution in [3.63, 3.8) is 0 Å². The molecular weight excluding hydrogens is 284 g/mol. The number of hydrogen-bond acceptors (Lipinski definition) is 1. The normalized spacial score (nSPS) is 10.1. The van der Waals surface area contributed by atoms with E-state index in [-0.39, 0.29) is 16.5 Å². The Morgan fingerprint density at radius 1 is 1.53 bits per heavy atom. The first-order valence-corrected chi connectivity index (χ1v) is 5.95. The lowest BCUT2D eigenvalue weighted by Gasteiger charge is -2.05. The van der Waals surface area contributed by atoms with E-state index in [9.17, 15) is 9.18 Å². The van der Waals surface area contributed by atoms with E-state index in [0.29, 0.717) is 6.54 Å². The first-order valence-electron chi connectivity index (χ1n) is 4.45. The smallest absolute Gasteiger partial charge is 0.252 e. The van der Waals surface area contributed by atoms with Gasteiger partial charge in [-0.15, -0.1) is 0 Å². The molecule has 2 nitrogen and oxygen atoms in total. The molecule has 1 aromatic carbocycles. The predicted octanol–water partition coefficient (Wildman–Crippen LogP) is 2.99. The second-order valence-corrected chi connectivity index (χ2v) is 4.07. The van der Waals surface area contributed by atoms with Gasteiger partial charge in [-0.3, -0.25) is 4.79 Å². The fraction of sp³-hybridized carbons (Fsp3) is 0.300. The van der Waals surface area contributed by atoms with Crippen LogP contribution in [0.1, 0.15) is 16.8 Å². The zero-order valence-electron chi connectivity index (χ0n) is 7.90. The van der Waals surface area contributed by atoms with E-state index in [1.165, 1.54) is 18.2 Å². The van der Waals surface area contributed by atoms with E-state index in [0.717, 1.165) is 11.8 Å². The molecule has 0 saturated carbocycles. The van der Waals surface area contributed by atoms with Crippen LogP contribution in [-0.4, -0.2) is 17.8 Å². The van der Waals surface area contributed by atoms with Gasteiger partial charge in [-0.2, -0.15) is 0 Å². The number of amides is 1. The minimum atomic E-state index is -0.579. The van der Waals surface area contributed by atoms with Crippen LogP contribution in [0.2, 0.25) is 5.02 Å². The zero-order chi connectivity index (χ0) is 11.3. The molecule has 0 heterocycles. The third-order valence-corrected chi connectivity index (χ3v) is 2.74. The van der Waals surface area contributed by atoms with Crippen molar-refractivity contribution in [2.75, 3.05) is 11.9 Å². The van der Waals surface area contributed by atoms with Gasteiger partial charge in [0.1, 0.15) is 5.82 Å². The molecule has 0 bridgehead atoms. The number of halogens is 3. The van der Waals surface area contributed by atoms with Crippen LogP contribution in [0.5, 0.6) is 0 Å². The van der Waals surface area contributed by atoms with Crippen molar-refractivity contribution in [2.24, 2.45) is 0 Å². The molecule has 0 spiro atoms. The van der Waals surface area contributed by atoms with E-state index in [1.807, 2.05) is 0 Å². The summed E-state index contributed by atoms with van der Waals surface area (Å²) in [5.74, 6) is -0.926. The molecule has 82 valence electrons. The van der Waals surface area contributed by atoms with Crippen LogP contribution in [0.25, 0.3) is 0 Å². The van der Waals surface area contributed by atoms with E-state index < -0.39 is 5.82 Å². The van der Waals surface area contributed by atoms with E-state index in [4.69, 9.17) is 11.6 Å². The van der Waals surface area contributed by atoms with Gasteiger partial charge >= 0.3 is 0 Å². The Balaban J connectivity index is 2.69. The summed E-state index contributed by atoms with van der Waals surface area (Å²) in [5, 5.41) is 3.33. The summed E-state index contributed by atoms with van der Waals surface area (Å²) in [6.07, 6.45) is 0.818. The highest BCUT2D eigenvalue weighted by atomic mass is 79.9. The second kappa shape index (κ2) is 6.08. The third kappa shape index (κ3) is 3.47. The average Bonchev–Trinajstić information content (AvgIpc) is 2.22. The van der Waals surface area contributed by atoms with Crippen molar-refractivity contribution in [1.82, 2.24) is 5.32 Å². The lowest BCUT2D eigenvalue weighted by molar-refractivity contribution is 0.0953. The largest absolute Gasteiger partial charge is 0.352 e. The Hall–Kier alpha value is -0.610. The summed E-state index contributed by atoms with van der Waals surface area (Å²) in [6, 6.07) is 4.17. The number of hydrogen-bond donors (Lipinski definition) is 1. The number of benzene rings is 1. The molecule has 5 heteroatoms. The van der Waals surface area contributed by atoms with Gasteiger partial charge in [-0.25, -0.2) is 4.39 Å². The van der Waals surface area contributed by atoms with Crippen LogP contribution >= 0.6 is 27.5 Å². The Kier molecular flexibility index (Phi) is 5.05. The van der Waals surface area contributed by atoms with Gasteiger partial charge < -0.3 is 5.32 Å². The zero-order valence-corrected chi connectivity index (χ0v) is 10.2. The fourth-order valence-electron chi connectivity index (χ4n) is 1.04. The molecule has 0 aliphatic carbocycles. The number of rotatable bonds is 4. The Morgan fingerprint density at radius 3 is 2.93 bits per heavy atom. The standard InChI is InChI=1S/C10H10BrClFNO/c11-5-2-6-14-10(15)7-3-1-4-8(13)9(7)12/h1,3-4H,2,5-6H2,(H,14,15). The first kappa shape index (κ1) is 12.5. The van der Waals surface area contributed by atoms with Crippen LogP contribution in [0.15, 0.2) is 18.2 Å². The molecule has 0 aliphatic heterocycles. The Morgan fingerprint density at radius 2 is 2.27 bits per heavy atom. The number of nitrogens with one attached hydrogen (secondary N) is 1. The van der Waals surface area contributed by atoms with E-state index in [2.05, 4.69) is 21.2 Å². The van der Waals surface area contributed by atoms with E-state index in [1.54, 1.807) is 0 Å². The van der Waals surface area contributed by atoms with Crippen molar-refractivity contribution >= 4 is 33.4 Å². The molecule has 0 saturated heterocycles. The molecule has 0 aromatic heterocycles. The van der Waals surface area contributed by atoms with Gasteiger partial charge in [0, 0.05) is 11.9 Å². The average molecular weight is 295 g/mol. The van der Waals surface area contributed by atoms with Gasteiger partial charge in [0.15, 0.2) is 0 Å². The third-order valence-electron chi connectivity index (χ3n) is 1.79. The lowest BCUT2D eigenvalue weighted by atomic mass is 10.2. The topological polar surface area (TPSA) is 29.1 Å². The summed E-state index contributed by atoms with van der Waals surface area (Å²) in [7, 11) is 0. The minimum absolute atomic E-state index is 0.131. The van der Waals surface area contributed by atoms with Crippen LogP contribution in [0, 0.1) is 5.82 Å². The summed E-state index contributed by atoms with van der Waals surface area (Å²) in [6.45, 7) is 0.539. The highest BCUT2D eigenvalue weighted by Gasteiger charge is 2.12. The molecule has 0 radical (unpaired) electrons. The molecule has 0 atom stereocenters. The molecule has 1 N–H and O–H groups in total. The maximum absolute atomic E-state index is 13.0. The monoisotopic (exact) mass is 293 g/mol. The summed E-state index contributed by atoms with van der Waals surface area (Å²) in [4.78, 5) is 11.5. The molecule has 1 aromatic rings. The number of carbonyl (C=O) groups is 1. The molecular formula is C10H10BrClFNO. The summed E-state index contributed by atoms with van der Waals surface area (Å²) < 4.78 is 13.0. The number of carbonyl (C=O) groups excluding carboxylic acids is 1.